The second-order valence-corrected chi connectivity index (χ2v) is 7.06. The standard InChI is InChI=1S/C19H20N6/c1-12-15(20-5)16(24-25(12)6)13-8-7-9-14(10-13)17-21-11-22-18(23-17)19(2,3)4/h7-11H,1-4,6H3/p+1. The van der Waals surface area contributed by atoms with E-state index in [1.165, 1.54) is 0 Å². The molecule has 1 aromatic carbocycles. The third-order valence-electron chi connectivity index (χ3n) is 4.13. The van der Waals surface area contributed by atoms with Crippen molar-refractivity contribution in [3.05, 3.63) is 53.5 Å². The summed E-state index contributed by atoms with van der Waals surface area (Å²) in [6, 6.07) is 7.91. The van der Waals surface area contributed by atoms with E-state index in [1.807, 2.05) is 42.9 Å². The Labute approximate surface area is 147 Å². The topological polar surface area (TPSA) is 62.7 Å². The van der Waals surface area contributed by atoms with Crippen molar-refractivity contribution in [1.82, 2.24) is 20.1 Å². The summed E-state index contributed by atoms with van der Waals surface area (Å²) in [5.41, 5.74) is 4.04. The Morgan fingerprint density at radius 1 is 1.16 bits per heavy atom. The Hall–Kier alpha value is -3.07. The van der Waals surface area contributed by atoms with Gasteiger partial charge in [-0.2, -0.15) is 5.10 Å². The second kappa shape index (κ2) is 6.10. The predicted molar refractivity (Wildman–Crippen MR) is 95.9 cm³/mol. The maximum absolute atomic E-state index is 7.46. The van der Waals surface area contributed by atoms with E-state index in [0.29, 0.717) is 11.5 Å². The van der Waals surface area contributed by atoms with Crippen LogP contribution in [0.4, 0.5) is 5.69 Å². The van der Waals surface area contributed by atoms with E-state index in [0.717, 1.165) is 28.3 Å². The van der Waals surface area contributed by atoms with Gasteiger partial charge in [0.25, 0.3) is 5.69 Å². The van der Waals surface area contributed by atoms with Crippen LogP contribution in [0, 0.1) is 13.5 Å². The minimum Gasteiger partial charge on any atom is -0.229 e. The number of H-pyrrole nitrogens is 1. The van der Waals surface area contributed by atoms with Gasteiger partial charge in [0.15, 0.2) is 12.9 Å². The summed E-state index contributed by atoms with van der Waals surface area (Å²) in [5, 5.41) is 3.24. The molecule has 2 heterocycles. The zero-order chi connectivity index (χ0) is 18.2. The molecule has 6 nitrogen and oxygen atoms in total. The van der Waals surface area contributed by atoms with Crippen molar-refractivity contribution >= 4 is 5.69 Å². The highest BCUT2D eigenvalue weighted by atomic mass is 15.3. The lowest BCUT2D eigenvalue weighted by Gasteiger charge is -2.16. The largest absolute Gasteiger partial charge is 0.282 e. The van der Waals surface area contributed by atoms with Crippen molar-refractivity contribution in [3.63, 3.8) is 0 Å². The van der Waals surface area contributed by atoms with Gasteiger partial charge in [-0.05, 0) is 11.6 Å². The van der Waals surface area contributed by atoms with Crippen LogP contribution in [0.25, 0.3) is 27.5 Å². The SMILES string of the molecule is [C-]#[N+]c1c(-c2cccc(-c3ncnc(C(C)(C)C)n3)c2)[nH][n+](C)c1C. The summed E-state index contributed by atoms with van der Waals surface area (Å²) in [7, 11) is 1.90. The molecule has 0 amide bonds. The Balaban J connectivity index is 2.10. The number of aromatic nitrogens is 5. The number of benzene rings is 1. The Morgan fingerprint density at radius 3 is 2.56 bits per heavy atom. The van der Waals surface area contributed by atoms with Crippen molar-refractivity contribution in [2.75, 3.05) is 0 Å². The van der Waals surface area contributed by atoms with Gasteiger partial charge in [0, 0.05) is 17.9 Å². The van der Waals surface area contributed by atoms with Crippen molar-refractivity contribution in [1.29, 1.82) is 0 Å². The molecule has 6 heteroatoms. The molecule has 0 saturated heterocycles. The first-order valence-corrected chi connectivity index (χ1v) is 8.07. The maximum Gasteiger partial charge on any atom is 0.282 e. The highest BCUT2D eigenvalue weighted by Gasteiger charge is 2.21. The van der Waals surface area contributed by atoms with Crippen LogP contribution in [0.15, 0.2) is 30.6 Å². The first kappa shape index (κ1) is 16.8. The molecule has 0 aliphatic heterocycles. The van der Waals surface area contributed by atoms with Crippen LogP contribution in [0.3, 0.4) is 0 Å². The molecule has 126 valence electrons. The highest BCUT2D eigenvalue weighted by Crippen LogP contribution is 2.32. The van der Waals surface area contributed by atoms with E-state index in [4.69, 9.17) is 6.57 Å². The average molecular weight is 333 g/mol. The van der Waals surface area contributed by atoms with Gasteiger partial charge in [-0.1, -0.05) is 39.0 Å². The molecule has 0 bridgehead atoms. The van der Waals surface area contributed by atoms with E-state index in [-0.39, 0.29) is 5.41 Å². The number of hydrogen-bond acceptors (Lipinski definition) is 3. The summed E-state index contributed by atoms with van der Waals surface area (Å²) in [6.45, 7) is 15.6. The van der Waals surface area contributed by atoms with Crippen molar-refractivity contribution in [2.45, 2.75) is 33.1 Å². The van der Waals surface area contributed by atoms with Crippen LogP contribution in [0.5, 0.6) is 0 Å². The van der Waals surface area contributed by atoms with Gasteiger partial charge in [-0.15, -0.1) is 4.68 Å². The van der Waals surface area contributed by atoms with Gasteiger partial charge >= 0.3 is 0 Å². The van der Waals surface area contributed by atoms with Crippen molar-refractivity contribution in [3.8, 4) is 22.6 Å². The fourth-order valence-electron chi connectivity index (χ4n) is 2.59. The summed E-state index contributed by atoms with van der Waals surface area (Å²) < 4.78 is 1.86. The number of hydrogen-bond donors (Lipinski definition) is 1. The molecule has 0 saturated carbocycles. The number of nitrogens with zero attached hydrogens (tertiary/aromatic N) is 5. The molecule has 25 heavy (non-hydrogen) atoms. The number of aryl methyl sites for hydroxylation is 1. The third-order valence-corrected chi connectivity index (χ3v) is 4.13. The van der Waals surface area contributed by atoms with Gasteiger partial charge in [-0.25, -0.2) is 19.8 Å². The summed E-state index contributed by atoms with van der Waals surface area (Å²) >= 11 is 0. The molecular formula is C19H21N6+. The van der Waals surface area contributed by atoms with Gasteiger partial charge in [0.1, 0.15) is 17.8 Å². The summed E-state index contributed by atoms with van der Waals surface area (Å²) in [5.74, 6) is 1.39. The molecule has 3 rings (SSSR count). The quantitative estimate of drug-likeness (QED) is 0.576. The van der Waals surface area contributed by atoms with Crippen LogP contribution >= 0.6 is 0 Å². The zero-order valence-corrected chi connectivity index (χ0v) is 15.1. The molecule has 0 atom stereocenters. The van der Waals surface area contributed by atoms with E-state index in [2.05, 4.69) is 45.7 Å². The van der Waals surface area contributed by atoms with E-state index >= 15 is 0 Å². The minimum atomic E-state index is -0.142. The number of aromatic amines is 1. The van der Waals surface area contributed by atoms with Crippen LogP contribution in [-0.2, 0) is 12.5 Å². The molecule has 0 radical (unpaired) electrons. The van der Waals surface area contributed by atoms with Crippen molar-refractivity contribution < 1.29 is 4.68 Å². The van der Waals surface area contributed by atoms with Crippen LogP contribution in [0.1, 0.15) is 32.3 Å². The smallest absolute Gasteiger partial charge is 0.229 e. The molecule has 2 aromatic heterocycles. The lowest BCUT2D eigenvalue weighted by molar-refractivity contribution is -0.731. The maximum atomic E-state index is 7.46. The second-order valence-electron chi connectivity index (χ2n) is 7.06. The molecule has 0 aliphatic carbocycles. The fraction of sp³-hybridized carbons (Fsp3) is 0.316. The molecular weight excluding hydrogens is 312 g/mol. The first-order valence-electron chi connectivity index (χ1n) is 8.07. The molecule has 0 fully saturated rings. The number of nitrogens with one attached hydrogen (secondary N) is 1. The Morgan fingerprint density at radius 2 is 1.88 bits per heavy atom. The van der Waals surface area contributed by atoms with Gasteiger partial charge < -0.3 is 0 Å². The molecule has 3 aromatic rings. The van der Waals surface area contributed by atoms with Crippen LogP contribution in [0.2, 0.25) is 0 Å². The Bertz CT molecular complexity index is 972. The fourth-order valence-corrected chi connectivity index (χ4v) is 2.59. The van der Waals surface area contributed by atoms with Gasteiger partial charge in [-0.3, -0.25) is 0 Å². The minimum absolute atomic E-state index is 0.142. The van der Waals surface area contributed by atoms with E-state index in [1.54, 1.807) is 6.33 Å². The molecule has 0 aliphatic rings. The van der Waals surface area contributed by atoms with Crippen molar-refractivity contribution in [2.24, 2.45) is 7.05 Å². The highest BCUT2D eigenvalue weighted by molar-refractivity contribution is 5.78. The zero-order valence-electron chi connectivity index (χ0n) is 15.1. The molecule has 0 spiro atoms. The Kier molecular flexibility index (Phi) is 4.09. The molecule has 0 unspecified atom stereocenters. The van der Waals surface area contributed by atoms with E-state index in [9.17, 15) is 0 Å². The average Bonchev–Trinajstić information content (AvgIpc) is 2.89. The monoisotopic (exact) mass is 333 g/mol. The van der Waals surface area contributed by atoms with Gasteiger partial charge in [0.2, 0.25) is 5.69 Å². The van der Waals surface area contributed by atoms with Crippen LogP contribution in [-0.4, -0.2) is 20.1 Å². The van der Waals surface area contributed by atoms with Crippen LogP contribution < -0.4 is 4.68 Å². The summed E-state index contributed by atoms with van der Waals surface area (Å²) in [6.07, 6.45) is 1.55. The van der Waals surface area contributed by atoms with Gasteiger partial charge in [0.05, 0.1) is 6.57 Å². The normalized spacial score (nSPS) is 11.4. The third kappa shape index (κ3) is 3.13. The van der Waals surface area contributed by atoms with E-state index < -0.39 is 0 Å². The molecule has 1 N–H and O–H groups in total. The predicted octanol–water partition coefficient (Wildman–Crippen LogP) is 3.51. The lowest BCUT2D eigenvalue weighted by atomic mass is 9.96. The lowest BCUT2D eigenvalue weighted by Crippen LogP contribution is -2.32. The summed E-state index contributed by atoms with van der Waals surface area (Å²) in [4.78, 5) is 16.9. The first-order chi connectivity index (χ1) is 11.8. The number of rotatable bonds is 2.